The number of nitrogens with one attached hydrogen (secondary N) is 1. The highest BCUT2D eigenvalue weighted by molar-refractivity contribution is 6.29. The van der Waals surface area contributed by atoms with E-state index in [1.165, 1.54) is 12.4 Å². The van der Waals surface area contributed by atoms with Crippen molar-refractivity contribution in [3.8, 4) is 0 Å². The Morgan fingerprint density at radius 2 is 1.90 bits per heavy atom. The summed E-state index contributed by atoms with van der Waals surface area (Å²) in [4.78, 5) is 30.7. The molecule has 1 heterocycles. The maximum atomic E-state index is 11.9. The molecule has 1 amide bonds. The number of benzene rings is 1. The van der Waals surface area contributed by atoms with E-state index in [9.17, 15) is 14.7 Å². The summed E-state index contributed by atoms with van der Waals surface area (Å²) >= 11 is 5.58. The summed E-state index contributed by atoms with van der Waals surface area (Å²) in [6.07, 6.45) is 2.48. The number of carboxylic acids is 1. The van der Waals surface area contributed by atoms with E-state index in [1.807, 2.05) is 0 Å². The summed E-state index contributed by atoms with van der Waals surface area (Å²) in [6.45, 7) is -0.0392. The van der Waals surface area contributed by atoms with Crippen LogP contribution in [0.3, 0.4) is 0 Å². The molecular formula is C14H12ClN3O3. The standard InChI is InChI=1S/C14H12ClN3O3/c15-12-8-16-11(7-17-12)13(19)18-6-10(14(20)21)9-4-2-1-3-5-9/h1-5,7-8,10H,6H2,(H,18,19)(H,20,21). The van der Waals surface area contributed by atoms with Gasteiger partial charge in [-0.25, -0.2) is 9.97 Å². The SMILES string of the molecule is O=C(NCC(C(=O)O)c1ccccc1)c1cnc(Cl)cn1. The first-order chi connectivity index (χ1) is 10.1. The van der Waals surface area contributed by atoms with Crippen molar-refractivity contribution in [2.75, 3.05) is 6.54 Å². The van der Waals surface area contributed by atoms with E-state index in [4.69, 9.17) is 11.6 Å². The fourth-order valence-corrected chi connectivity index (χ4v) is 1.85. The molecule has 21 heavy (non-hydrogen) atoms. The molecule has 0 spiro atoms. The molecule has 0 radical (unpaired) electrons. The lowest BCUT2D eigenvalue weighted by Gasteiger charge is -2.13. The first-order valence-corrected chi connectivity index (χ1v) is 6.49. The van der Waals surface area contributed by atoms with E-state index in [1.54, 1.807) is 30.3 Å². The highest BCUT2D eigenvalue weighted by Gasteiger charge is 2.21. The zero-order valence-corrected chi connectivity index (χ0v) is 11.6. The molecule has 2 aromatic rings. The number of halogens is 1. The van der Waals surface area contributed by atoms with Crippen molar-refractivity contribution in [3.05, 3.63) is 59.1 Å². The third-order valence-electron chi connectivity index (χ3n) is 2.82. The Morgan fingerprint density at radius 3 is 2.48 bits per heavy atom. The fourth-order valence-electron chi connectivity index (χ4n) is 1.75. The molecule has 6 nitrogen and oxygen atoms in total. The number of hydrogen-bond donors (Lipinski definition) is 2. The van der Waals surface area contributed by atoms with Gasteiger partial charge in [0, 0.05) is 6.54 Å². The van der Waals surface area contributed by atoms with Gasteiger partial charge in [0.15, 0.2) is 0 Å². The Kier molecular flexibility index (Phi) is 4.84. The monoisotopic (exact) mass is 305 g/mol. The minimum atomic E-state index is -1.01. The average Bonchev–Trinajstić information content (AvgIpc) is 2.48. The van der Waals surface area contributed by atoms with Crippen LogP contribution in [0.1, 0.15) is 22.0 Å². The number of carbonyl (C=O) groups is 2. The smallest absolute Gasteiger partial charge is 0.312 e. The Hall–Kier alpha value is -2.47. The fraction of sp³-hybridized carbons (Fsp3) is 0.143. The summed E-state index contributed by atoms with van der Waals surface area (Å²) in [6, 6.07) is 8.69. The van der Waals surface area contributed by atoms with Gasteiger partial charge in [0.1, 0.15) is 10.8 Å². The van der Waals surface area contributed by atoms with Crippen molar-refractivity contribution in [2.45, 2.75) is 5.92 Å². The predicted octanol–water partition coefficient (Wildman–Crippen LogP) is 1.73. The summed E-state index contributed by atoms with van der Waals surface area (Å²) in [5, 5.41) is 12.0. The van der Waals surface area contributed by atoms with Crippen molar-refractivity contribution >= 4 is 23.5 Å². The third-order valence-corrected chi connectivity index (χ3v) is 3.01. The molecule has 108 valence electrons. The maximum Gasteiger partial charge on any atom is 0.312 e. The molecule has 1 aromatic heterocycles. The lowest BCUT2D eigenvalue weighted by atomic mass is 9.99. The van der Waals surface area contributed by atoms with E-state index >= 15 is 0 Å². The highest BCUT2D eigenvalue weighted by Crippen LogP contribution is 2.14. The van der Waals surface area contributed by atoms with Gasteiger partial charge in [-0.2, -0.15) is 0 Å². The number of rotatable bonds is 5. The second-order valence-corrected chi connectivity index (χ2v) is 4.62. The van der Waals surface area contributed by atoms with E-state index in [0.717, 1.165) is 0 Å². The Morgan fingerprint density at radius 1 is 1.19 bits per heavy atom. The molecule has 0 aliphatic carbocycles. The summed E-state index contributed by atoms with van der Waals surface area (Å²) < 4.78 is 0. The normalized spacial score (nSPS) is 11.7. The van der Waals surface area contributed by atoms with Crippen molar-refractivity contribution in [1.29, 1.82) is 0 Å². The molecule has 0 saturated carbocycles. The molecule has 0 fully saturated rings. The number of aromatic nitrogens is 2. The van der Waals surface area contributed by atoms with Crippen LogP contribution in [0.25, 0.3) is 0 Å². The van der Waals surface area contributed by atoms with Crippen LogP contribution >= 0.6 is 11.6 Å². The van der Waals surface area contributed by atoms with Gasteiger partial charge < -0.3 is 10.4 Å². The summed E-state index contributed by atoms with van der Waals surface area (Å²) in [5.41, 5.74) is 0.698. The van der Waals surface area contributed by atoms with Crippen LogP contribution in [0.2, 0.25) is 5.15 Å². The molecule has 0 saturated heterocycles. The molecule has 0 aliphatic heterocycles. The molecule has 1 atom stereocenters. The van der Waals surface area contributed by atoms with Crippen LogP contribution in [0, 0.1) is 0 Å². The van der Waals surface area contributed by atoms with E-state index in [0.29, 0.717) is 5.56 Å². The van der Waals surface area contributed by atoms with Gasteiger partial charge >= 0.3 is 5.97 Å². The second kappa shape index (κ2) is 6.81. The Bertz CT molecular complexity index is 632. The Balaban J connectivity index is 2.04. The van der Waals surface area contributed by atoms with Crippen LogP contribution in [-0.4, -0.2) is 33.5 Å². The van der Waals surface area contributed by atoms with Crippen molar-refractivity contribution in [2.24, 2.45) is 0 Å². The number of hydrogen-bond acceptors (Lipinski definition) is 4. The van der Waals surface area contributed by atoms with Crippen LogP contribution in [0.5, 0.6) is 0 Å². The molecule has 1 aromatic carbocycles. The van der Waals surface area contributed by atoms with Crippen LogP contribution in [0.15, 0.2) is 42.7 Å². The average molecular weight is 306 g/mol. The summed E-state index contributed by atoms with van der Waals surface area (Å²) in [5.74, 6) is -2.33. The number of aliphatic carboxylic acids is 1. The highest BCUT2D eigenvalue weighted by atomic mass is 35.5. The maximum absolute atomic E-state index is 11.9. The number of nitrogens with zero attached hydrogens (tertiary/aromatic N) is 2. The van der Waals surface area contributed by atoms with E-state index in [-0.39, 0.29) is 17.4 Å². The van der Waals surface area contributed by atoms with Gasteiger partial charge in [-0.15, -0.1) is 0 Å². The molecule has 2 N–H and O–H groups in total. The van der Waals surface area contributed by atoms with Crippen LogP contribution < -0.4 is 5.32 Å². The largest absolute Gasteiger partial charge is 0.481 e. The van der Waals surface area contributed by atoms with Gasteiger partial charge in [0.05, 0.1) is 18.3 Å². The zero-order chi connectivity index (χ0) is 15.2. The lowest BCUT2D eigenvalue weighted by Crippen LogP contribution is -2.32. The molecule has 7 heteroatoms. The van der Waals surface area contributed by atoms with Crippen LogP contribution in [-0.2, 0) is 4.79 Å². The number of amides is 1. The summed E-state index contributed by atoms with van der Waals surface area (Å²) in [7, 11) is 0. The first-order valence-electron chi connectivity index (χ1n) is 6.11. The minimum Gasteiger partial charge on any atom is -0.481 e. The molecule has 1 unspecified atom stereocenters. The quantitative estimate of drug-likeness (QED) is 0.877. The number of carbonyl (C=O) groups excluding carboxylic acids is 1. The van der Waals surface area contributed by atoms with Crippen LogP contribution in [0.4, 0.5) is 0 Å². The molecule has 0 bridgehead atoms. The van der Waals surface area contributed by atoms with E-state index < -0.39 is 17.8 Å². The van der Waals surface area contributed by atoms with Gasteiger partial charge in [0.2, 0.25) is 0 Å². The molecule has 2 rings (SSSR count). The van der Waals surface area contributed by atoms with Crippen molar-refractivity contribution in [1.82, 2.24) is 15.3 Å². The molecular weight excluding hydrogens is 294 g/mol. The first kappa shape index (κ1) is 14.9. The van der Waals surface area contributed by atoms with E-state index in [2.05, 4.69) is 15.3 Å². The second-order valence-electron chi connectivity index (χ2n) is 4.24. The van der Waals surface area contributed by atoms with Crippen molar-refractivity contribution < 1.29 is 14.7 Å². The zero-order valence-electron chi connectivity index (χ0n) is 10.9. The minimum absolute atomic E-state index is 0.0392. The van der Waals surface area contributed by atoms with Gasteiger partial charge in [-0.1, -0.05) is 41.9 Å². The van der Waals surface area contributed by atoms with Gasteiger partial charge in [0.25, 0.3) is 5.91 Å². The molecule has 0 aliphatic rings. The topological polar surface area (TPSA) is 92.2 Å². The van der Waals surface area contributed by atoms with Crippen molar-refractivity contribution in [3.63, 3.8) is 0 Å². The lowest BCUT2D eigenvalue weighted by molar-refractivity contribution is -0.138. The Labute approximate surface area is 125 Å². The number of carboxylic acid groups (broad SMARTS) is 1. The van der Waals surface area contributed by atoms with Gasteiger partial charge in [-0.05, 0) is 5.56 Å². The third kappa shape index (κ3) is 4.00. The predicted molar refractivity (Wildman–Crippen MR) is 76.2 cm³/mol. The van der Waals surface area contributed by atoms with Gasteiger partial charge in [-0.3, -0.25) is 9.59 Å².